The van der Waals surface area contributed by atoms with E-state index < -0.39 is 12.2 Å². The van der Waals surface area contributed by atoms with E-state index >= 15 is 0 Å². The molecule has 2 unspecified atom stereocenters. The Hall–Kier alpha value is -1.07. The second-order valence-corrected chi connectivity index (χ2v) is 4.75. The topological polar surface area (TPSA) is 29.3 Å². The van der Waals surface area contributed by atoms with Gasteiger partial charge in [0.2, 0.25) is 0 Å². The van der Waals surface area contributed by atoms with Crippen LogP contribution in [0, 0.1) is 0 Å². The first-order valence-electron chi connectivity index (χ1n) is 6.10. The number of alkyl halides is 3. The van der Waals surface area contributed by atoms with Gasteiger partial charge in [0.1, 0.15) is 6.04 Å². The second kappa shape index (κ2) is 5.28. The molecule has 1 saturated heterocycles. The van der Waals surface area contributed by atoms with Gasteiger partial charge in [-0.3, -0.25) is 4.90 Å². The molecule has 1 aromatic rings. The molecule has 1 fully saturated rings. The summed E-state index contributed by atoms with van der Waals surface area (Å²) in [5, 5.41) is 0. The van der Waals surface area contributed by atoms with Crippen molar-refractivity contribution < 1.29 is 13.2 Å². The van der Waals surface area contributed by atoms with Gasteiger partial charge < -0.3 is 5.73 Å². The predicted molar refractivity (Wildman–Crippen MR) is 64.0 cm³/mol. The number of halogens is 3. The third-order valence-corrected chi connectivity index (χ3v) is 3.28. The van der Waals surface area contributed by atoms with Crippen molar-refractivity contribution in [3.63, 3.8) is 0 Å². The van der Waals surface area contributed by atoms with Crippen LogP contribution < -0.4 is 5.73 Å². The van der Waals surface area contributed by atoms with Crippen molar-refractivity contribution in [2.75, 3.05) is 13.1 Å². The SMILES string of the molecule is NC1CCCN(C(c2ccccc2)C(F)(F)F)C1. The molecule has 2 nitrogen and oxygen atoms in total. The number of piperidine rings is 1. The van der Waals surface area contributed by atoms with Crippen molar-refractivity contribution in [3.8, 4) is 0 Å². The first-order chi connectivity index (χ1) is 8.48. The van der Waals surface area contributed by atoms with E-state index in [-0.39, 0.29) is 6.04 Å². The van der Waals surface area contributed by atoms with Gasteiger partial charge in [0, 0.05) is 12.6 Å². The number of nitrogens with zero attached hydrogens (tertiary/aromatic N) is 1. The molecule has 18 heavy (non-hydrogen) atoms. The van der Waals surface area contributed by atoms with Crippen LogP contribution in [0.4, 0.5) is 13.2 Å². The maximum Gasteiger partial charge on any atom is 0.408 e. The van der Waals surface area contributed by atoms with Crippen LogP contribution in [-0.2, 0) is 0 Å². The van der Waals surface area contributed by atoms with Gasteiger partial charge in [-0.2, -0.15) is 13.2 Å². The summed E-state index contributed by atoms with van der Waals surface area (Å²) in [7, 11) is 0. The molecule has 5 heteroatoms. The Bertz CT molecular complexity index is 378. The van der Waals surface area contributed by atoms with E-state index in [0.717, 1.165) is 12.8 Å². The van der Waals surface area contributed by atoms with E-state index in [2.05, 4.69) is 0 Å². The van der Waals surface area contributed by atoms with E-state index in [4.69, 9.17) is 5.73 Å². The molecule has 100 valence electrons. The molecule has 1 aliphatic heterocycles. The standard InChI is InChI=1S/C13H17F3N2/c14-13(15,16)12(10-5-2-1-3-6-10)18-8-4-7-11(17)9-18/h1-3,5-6,11-12H,4,7-9,17H2. The molecular formula is C13H17F3N2. The lowest BCUT2D eigenvalue weighted by molar-refractivity contribution is -0.189. The Morgan fingerprint density at radius 2 is 1.89 bits per heavy atom. The molecule has 1 heterocycles. The maximum atomic E-state index is 13.2. The van der Waals surface area contributed by atoms with Gasteiger partial charge in [-0.25, -0.2) is 0 Å². The fourth-order valence-corrected chi connectivity index (χ4v) is 2.52. The van der Waals surface area contributed by atoms with E-state index in [1.54, 1.807) is 18.2 Å². The number of likely N-dealkylation sites (tertiary alicyclic amines) is 1. The van der Waals surface area contributed by atoms with Crippen LogP contribution >= 0.6 is 0 Å². The van der Waals surface area contributed by atoms with Crippen LogP contribution in [0.5, 0.6) is 0 Å². The van der Waals surface area contributed by atoms with Crippen LogP contribution in [0.1, 0.15) is 24.4 Å². The number of hydrogen-bond acceptors (Lipinski definition) is 2. The van der Waals surface area contributed by atoms with Gasteiger partial charge in [-0.05, 0) is 24.9 Å². The smallest absolute Gasteiger partial charge is 0.327 e. The van der Waals surface area contributed by atoms with E-state index in [1.807, 2.05) is 0 Å². The fourth-order valence-electron chi connectivity index (χ4n) is 2.52. The van der Waals surface area contributed by atoms with Crippen molar-refractivity contribution in [3.05, 3.63) is 35.9 Å². The van der Waals surface area contributed by atoms with E-state index in [9.17, 15) is 13.2 Å². The van der Waals surface area contributed by atoms with Crippen LogP contribution in [-0.4, -0.2) is 30.2 Å². The zero-order chi connectivity index (χ0) is 13.2. The van der Waals surface area contributed by atoms with Crippen molar-refractivity contribution in [1.29, 1.82) is 0 Å². The largest absolute Gasteiger partial charge is 0.408 e. The second-order valence-electron chi connectivity index (χ2n) is 4.75. The molecule has 0 amide bonds. The minimum absolute atomic E-state index is 0.160. The molecule has 1 aliphatic rings. The molecule has 0 spiro atoms. The summed E-state index contributed by atoms with van der Waals surface area (Å²) >= 11 is 0. The highest BCUT2D eigenvalue weighted by atomic mass is 19.4. The molecule has 0 aliphatic carbocycles. The first kappa shape index (κ1) is 13.4. The molecule has 0 radical (unpaired) electrons. The minimum atomic E-state index is -4.27. The maximum absolute atomic E-state index is 13.2. The van der Waals surface area contributed by atoms with Crippen LogP contribution in [0.15, 0.2) is 30.3 Å². The fraction of sp³-hybridized carbons (Fsp3) is 0.538. The number of hydrogen-bond donors (Lipinski definition) is 1. The lowest BCUT2D eigenvalue weighted by atomic mass is 9.99. The highest BCUT2D eigenvalue weighted by Crippen LogP contribution is 2.38. The third-order valence-electron chi connectivity index (χ3n) is 3.28. The Balaban J connectivity index is 2.26. The van der Waals surface area contributed by atoms with Crippen LogP contribution in [0.2, 0.25) is 0 Å². The Morgan fingerprint density at radius 1 is 1.22 bits per heavy atom. The Kier molecular flexibility index (Phi) is 3.92. The van der Waals surface area contributed by atoms with Gasteiger partial charge in [0.25, 0.3) is 0 Å². The molecular weight excluding hydrogens is 241 g/mol. The number of benzene rings is 1. The Morgan fingerprint density at radius 3 is 2.44 bits per heavy atom. The van der Waals surface area contributed by atoms with Gasteiger partial charge in [0.15, 0.2) is 0 Å². The molecule has 0 saturated carbocycles. The first-order valence-corrected chi connectivity index (χ1v) is 6.10. The van der Waals surface area contributed by atoms with Crippen molar-refractivity contribution in [1.82, 2.24) is 4.90 Å². The number of rotatable bonds is 2. The lowest BCUT2D eigenvalue weighted by Gasteiger charge is -2.38. The molecule has 1 aromatic carbocycles. The molecule has 2 atom stereocenters. The summed E-state index contributed by atoms with van der Waals surface area (Å²) in [5.41, 5.74) is 6.07. The average Bonchev–Trinajstić information content (AvgIpc) is 2.28. The summed E-state index contributed by atoms with van der Waals surface area (Å²) in [4.78, 5) is 1.45. The lowest BCUT2D eigenvalue weighted by Crippen LogP contribution is -2.48. The van der Waals surface area contributed by atoms with Gasteiger partial charge in [-0.1, -0.05) is 30.3 Å². The summed E-state index contributed by atoms with van der Waals surface area (Å²) in [6.45, 7) is 0.756. The monoisotopic (exact) mass is 258 g/mol. The Labute approximate surface area is 105 Å². The zero-order valence-corrected chi connectivity index (χ0v) is 10.0. The average molecular weight is 258 g/mol. The van der Waals surface area contributed by atoms with Crippen LogP contribution in [0.3, 0.4) is 0 Å². The van der Waals surface area contributed by atoms with Gasteiger partial charge >= 0.3 is 6.18 Å². The highest BCUT2D eigenvalue weighted by molar-refractivity contribution is 5.20. The molecule has 0 aromatic heterocycles. The van der Waals surface area contributed by atoms with E-state index in [1.165, 1.54) is 17.0 Å². The van der Waals surface area contributed by atoms with Crippen LogP contribution in [0.25, 0.3) is 0 Å². The van der Waals surface area contributed by atoms with Crippen molar-refractivity contribution in [2.24, 2.45) is 5.73 Å². The zero-order valence-electron chi connectivity index (χ0n) is 10.0. The molecule has 0 bridgehead atoms. The predicted octanol–water partition coefficient (Wildman–Crippen LogP) is 2.71. The summed E-state index contributed by atoms with van der Waals surface area (Å²) in [6, 6.07) is 6.35. The number of nitrogens with two attached hydrogens (primary N) is 1. The molecule has 2 N–H and O–H groups in total. The normalized spacial score (nSPS) is 23.9. The third kappa shape index (κ3) is 3.03. The summed E-state index contributed by atoms with van der Waals surface area (Å²) in [5.74, 6) is 0. The van der Waals surface area contributed by atoms with Crippen molar-refractivity contribution in [2.45, 2.75) is 31.1 Å². The highest BCUT2D eigenvalue weighted by Gasteiger charge is 2.45. The summed E-state index contributed by atoms with van der Waals surface area (Å²) in [6.07, 6.45) is -2.74. The molecule has 2 rings (SSSR count). The van der Waals surface area contributed by atoms with Gasteiger partial charge in [-0.15, -0.1) is 0 Å². The van der Waals surface area contributed by atoms with Crippen molar-refractivity contribution >= 4 is 0 Å². The quantitative estimate of drug-likeness (QED) is 0.883. The van der Waals surface area contributed by atoms with Gasteiger partial charge in [0.05, 0.1) is 0 Å². The summed E-state index contributed by atoms with van der Waals surface area (Å²) < 4.78 is 39.7. The minimum Gasteiger partial charge on any atom is -0.327 e. The van der Waals surface area contributed by atoms with E-state index in [0.29, 0.717) is 18.7 Å².